The minimum atomic E-state index is -0.634. The van der Waals surface area contributed by atoms with E-state index in [4.69, 9.17) is 21.1 Å². The Morgan fingerprint density at radius 3 is 2.33 bits per heavy atom. The van der Waals surface area contributed by atoms with Crippen molar-refractivity contribution in [3.63, 3.8) is 0 Å². The van der Waals surface area contributed by atoms with Gasteiger partial charge in [-0.1, -0.05) is 41.9 Å². The van der Waals surface area contributed by atoms with Crippen LogP contribution in [0.1, 0.15) is 42.3 Å². The first-order valence-electron chi connectivity index (χ1n) is 10.5. The molecule has 0 radical (unpaired) electrons. The van der Waals surface area contributed by atoms with Gasteiger partial charge in [-0.2, -0.15) is 0 Å². The maximum atomic E-state index is 12.9. The third-order valence-corrected chi connectivity index (χ3v) is 4.88. The lowest BCUT2D eigenvalue weighted by Gasteiger charge is -2.20. The van der Waals surface area contributed by atoms with Crippen LogP contribution in [-0.2, 0) is 11.3 Å². The lowest BCUT2D eigenvalue weighted by Crippen LogP contribution is -2.27. The van der Waals surface area contributed by atoms with E-state index < -0.39 is 17.6 Å². The predicted octanol–water partition coefficient (Wildman–Crippen LogP) is 6.83. The lowest BCUT2D eigenvalue weighted by molar-refractivity contribution is 0.0635. The highest BCUT2D eigenvalue weighted by atomic mass is 35.5. The number of carbonyl (C=O) groups excluding carboxylic acids is 2. The number of aryl methyl sites for hydroxylation is 1. The summed E-state index contributed by atoms with van der Waals surface area (Å²) in [6.45, 7) is 7.65. The average Bonchev–Trinajstić information content (AvgIpc) is 2.74. The first kappa shape index (κ1) is 24.1. The smallest absolute Gasteiger partial charge is 0.412 e. The van der Waals surface area contributed by atoms with Crippen molar-refractivity contribution in [1.29, 1.82) is 0 Å². The van der Waals surface area contributed by atoms with Crippen molar-refractivity contribution >= 4 is 35.0 Å². The van der Waals surface area contributed by atoms with Gasteiger partial charge in [0.2, 0.25) is 0 Å². The summed E-state index contributed by atoms with van der Waals surface area (Å²) in [7, 11) is 0. The highest BCUT2D eigenvalue weighted by Crippen LogP contribution is 2.26. The normalized spacial score (nSPS) is 10.9. The van der Waals surface area contributed by atoms with Crippen LogP contribution in [0.4, 0.5) is 16.2 Å². The molecule has 0 aromatic heterocycles. The van der Waals surface area contributed by atoms with Gasteiger partial charge in [0, 0.05) is 11.4 Å². The summed E-state index contributed by atoms with van der Waals surface area (Å²) < 4.78 is 11.1. The van der Waals surface area contributed by atoms with Crippen LogP contribution in [0.5, 0.6) is 5.75 Å². The third-order valence-electron chi connectivity index (χ3n) is 4.55. The molecule has 33 heavy (non-hydrogen) atoms. The van der Waals surface area contributed by atoms with Crippen LogP contribution in [0.15, 0.2) is 66.7 Å². The number of hydrogen-bond acceptors (Lipinski definition) is 4. The van der Waals surface area contributed by atoms with Gasteiger partial charge >= 0.3 is 6.09 Å². The molecule has 0 heterocycles. The van der Waals surface area contributed by atoms with E-state index in [1.54, 1.807) is 45.0 Å². The Bertz CT molecular complexity index is 1140. The largest absolute Gasteiger partial charge is 0.489 e. The van der Waals surface area contributed by atoms with Crippen molar-refractivity contribution in [2.24, 2.45) is 0 Å². The minimum Gasteiger partial charge on any atom is -0.489 e. The van der Waals surface area contributed by atoms with Gasteiger partial charge in [-0.05, 0) is 75.2 Å². The van der Waals surface area contributed by atoms with E-state index in [0.717, 1.165) is 11.1 Å². The minimum absolute atomic E-state index is 0.231. The summed E-state index contributed by atoms with van der Waals surface area (Å²) in [6, 6.07) is 20.0. The topological polar surface area (TPSA) is 76.7 Å². The Hall–Kier alpha value is -3.51. The quantitative estimate of drug-likeness (QED) is 0.417. The number of carbonyl (C=O) groups is 2. The van der Waals surface area contributed by atoms with Gasteiger partial charge in [-0.15, -0.1) is 0 Å². The number of ether oxygens (including phenoxy) is 2. The van der Waals surface area contributed by atoms with Crippen molar-refractivity contribution < 1.29 is 19.1 Å². The molecule has 0 spiro atoms. The third kappa shape index (κ3) is 7.26. The second kappa shape index (κ2) is 10.4. The molecule has 172 valence electrons. The molecule has 0 saturated heterocycles. The van der Waals surface area contributed by atoms with E-state index in [2.05, 4.69) is 10.6 Å². The Morgan fingerprint density at radius 2 is 1.67 bits per heavy atom. The molecular formula is C26H27ClN2O4. The van der Waals surface area contributed by atoms with Gasteiger partial charge in [-0.25, -0.2) is 4.79 Å². The van der Waals surface area contributed by atoms with Gasteiger partial charge in [-0.3, -0.25) is 10.1 Å². The second-order valence-corrected chi connectivity index (χ2v) is 8.93. The van der Waals surface area contributed by atoms with E-state index in [1.165, 1.54) is 6.07 Å². The molecule has 0 fully saturated rings. The van der Waals surface area contributed by atoms with Crippen LogP contribution in [0.3, 0.4) is 0 Å². The van der Waals surface area contributed by atoms with Crippen molar-refractivity contribution in [3.8, 4) is 5.75 Å². The fourth-order valence-corrected chi connectivity index (χ4v) is 3.20. The molecular weight excluding hydrogens is 440 g/mol. The highest BCUT2D eigenvalue weighted by Gasteiger charge is 2.18. The molecule has 0 bridgehead atoms. The van der Waals surface area contributed by atoms with Crippen molar-refractivity contribution in [2.45, 2.75) is 39.9 Å². The number of halogens is 1. The van der Waals surface area contributed by atoms with Crippen LogP contribution in [0.25, 0.3) is 0 Å². The zero-order valence-corrected chi connectivity index (χ0v) is 19.8. The lowest BCUT2D eigenvalue weighted by atomic mass is 10.1. The number of anilines is 2. The maximum Gasteiger partial charge on any atom is 0.412 e. The summed E-state index contributed by atoms with van der Waals surface area (Å²) >= 11 is 6.24. The predicted molar refractivity (Wildman–Crippen MR) is 131 cm³/mol. The summed E-state index contributed by atoms with van der Waals surface area (Å²) in [5.41, 5.74) is 2.54. The van der Waals surface area contributed by atoms with E-state index in [9.17, 15) is 9.59 Å². The zero-order chi connectivity index (χ0) is 24.0. The number of amides is 2. The Balaban J connectivity index is 1.67. The molecule has 3 aromatic rings. The van der Waals surface area contributed by atoms with E-state index in [-0.39, 0.29) is 10.6 Å². The molecule has 2 N–H and O–H groups in total. The second-order valence-electron chi connectivity index (χ2n) is 8.53. The van der Waals surface area contributed by atoms with Gasteiger partial charge in [0.25, 0.3) is 5.91 Å². The average molecular weight is 467 g/mol. The van der Waals surface area contributed by atoms with Crippen LogP contribution >= 0.6 is 11.6 Å². The standard InChI is InChI=1S/C26H27ClN2O4/c1-17-14-20(32-16-18-8-6-5-7-9-18)11-13-23(17)29-24(30)21-15-19(10-12-22(21)27)28-25(31)33-26(2,3)4/h5-15H,16H2,1-4H3,(H,28,31)(H,29,30). The zero-order valence-electron chi connectivity index (χ0n) is 19.1. The van der Waals surface area contributed by atoms with Crippen molar-refractivity contribution in [1.82, 2.24) is 0 Å². The molecule has 6 nitrogen and oxygen atoms in total. The first-order valence-corrected chi connectivity index (χ1v) is 10.9. The van der Waals surface area contributed by atoms with Crippen molar-refractivity contribution in [3.05, 3.63) is 88.4 Å². The first-order chi connectivity index (χ1) is 15.6. The van der Waals surface area contributed by atoms with Crippen LogP contribution in [-0.4, -0.2) is 17.6 Å². The fraction of sp³-hybridized carbons (Fsp3) is 0.231. The number of hydrogen-bond donors (Lipinski definition) is 2. The SMILES string of the molecule is Cc1cc(OCc2ccccc2)ccc1NC(=O)c1cc(NC(=O)OC(C)(C)C)ccc1Cl. The Labute approximate surface area is 198 Å². The molecule has 0 saturated carbocycles. The van der Waals surface area contributed by atoms with E-state index in [0.29, 0.717) is 23.7 Å². The molecule has 3 aromatic carbocycles. The van der Waals surface area contributed by atoms with Crippen molar-refractivity contribution in [2.75, 3.05) is 10.6 Å². The summed E-state index contributed by atoms with van der Waals surface area (Å²) in [6.07, 6.45) is -0.613. The fourth-order valence-electron chi connectivity index (χ4n) is 3.00. The monoisotopic (exact) mass is 466 g/mol. The molecule has 2 amide bonds. The molecule has 3 rings (SSSR count). The maximum absolute atomic E-state index is 12.9. The molecule has 0 unspecified atom stereocenters. The summed E-state index contributed by atoms with van der Waals surface area (Å²) in [5, 5.41) is 5.75. The molecule has 0 aliphatic carbocycles. The Morgan fingerprint density at radius 1 is 0.939 bits per heavy atom. The van der Waals surface area contributed by atoms with Gasteiger partial charge < -0.3 is 14.8 Å². The number of rotatable bonds is 6. The van der Waals surface area contributed by atoms with Gasteiger partial charge in [0.15, 0.2) is 0 Å². The van der Waals surface area contributed by atoms with Crippen LogP contribution in [0.2, 0.25) is 5.02 Å². The van der Waals surface area contributed by atoms with E-state index >= 15 is 0 Å². The summed E-state index contributed by atoms with van der Waals surface area (Å²) in [5.74, 6) is 0.310. The Kier molecular flexibility index (Phi) is 7.61. The van der Waals surface area contributed by atoms with E-state index in [1.807, 2.05) is 43.3 Å². The van der Waals surface area contributed by atoms with Crippen LogP contribution in [0, 0.1) is 6.92 Å². The van der Waals surface area contributed by atoms with Crippen LogP contribution < -0.4 is 15.4 Å². The molecule has 0 aliphatic heterocycles. The molecule has 7 heteroatoms. The molecule has 0 aliphatic rings. The van der Waals surface area contributed by atoms with Gasteiger partial charge in [0.1, 0.15) is 18.0 Å². The number of nitrogens with one attached hydrogen (secondary N) is 2. The highest BCUT2D eigenvalue weighted by molar-refractivity contribution is 6.34. The molecule has 0 atom stereocenters. The number of benzene rings is 3. The van der Waals surface area contributed by atoms with Gasteiger partial charge in [0.05, 0.1) is 10.6 Å². The summed E-state index contributed by atoms with van der Waals surface area (Å²) in [4.78, 5) is 24.9.